The number of nitrogens with one attached hydrogen (secondary N) is 1. The van der Waals surface area contributed by atoms with Gasteiger partial charge in [-0.3, -0.25) is 0 Å². The Morgan fingerprint density at radius 2 is 2.07 bits per heavy atom. The van der Waals surface area contributed by atoms with Crippen LogP contribution in [0.15, 0.2) is 42.9 Å². The third-order valence-electron chi connectivity index (χ3n) is 5.15. The fourth-order valence-corrected chi connectivity index (χ4v) is 3.72. The molecule has 0 saturated carbocycles. The van der Waals surface area contributed by atoms with Crippen LogP contribution in [-0.2, 0) is 19.5 Å². The second-order valence-corrected chi connectivity index (χ2v) is 7.80. The first-order valence-corrected chi connectivity index (χ1v) is 10.1. The molecule has 1 aliphatic rings. The number of aromatic nitrogens is 3. The summed E-state index contributed by atoms with van der Waals surface area (Å²) in [5.41, 5.74) is 4.62. The monoisotopic (exact) mass is 419 g/mol. The van der Waals surface area contributed by atoms with Crippen LogP contribution >= 0.6 is 11.6 Å². The zero-order valence-corrected chi connectivity index (χ0v) is 17.7. The SMILES string of the molecule is CN(C)c1ccc(CNc2ncnc3c2CN(c2ccc(Cl)cc2C#N)CC3)cn1. The van der Waals surface area contributed by atoms with E-state index >= 15 is 0 Å². The van der Waals surface area contributed by atoms with Crippen molar-refractivity contribution in [3.8, 4) is 6.07 Å². The third kappa shape index (κ3) is 4.14. The molecule has 7 nitrogen and oxygen atoms in total. The molecule has 4 rings (SSSR count). The van der Waals surface area contributed by atoms with E-state index in [1.807, 2.05) is 43.4 Å². The largest absolute Gasteiger partial charge is 0.366 e. The summed E-state index contributed by atoms with van der Waals surface area (Å²) in [6.45, 7) is 2.04. The van der Waals surface area contributed by atoms with E-state index in [4.69, 9.17) is 11.6 Å². The van der Waals surface area contributed by atoms with Gasteiger partial charge >= 0.3 is 0 Å². The van der Waals surface area contributed by atoms with Crippen molar-refractivity contribution in [3.05, 3.63) is 70.3 Å². The molecular weight excluding hydrogens is 398 g/mol. The topological polar surface area (TPSA) is 81.0 Å². The third-order valence-corrected chi connectivity index (χ3v) is 5.38. The first-order chi connectivity index (χ1) is 14.5. The van der Waals surface area contributed by atoms with Gasteiger partial charge in [-0.15, -0.1) is 0 Å². The first-order valence-electron chi connectivity index (χ1n) is 9.68. The summed E-state index contributed by atoms with van der Waals surface area (Å²) < 4.78 is 0. The quantitative estimate of drug-likeness (QED) is 0.676. The maximum absolute atomic E-state index is 9.51. The highest BCUT2D eigenvalue weighted by Gasteiger charge is 2.23. The van der Waals surface area contributed by atoms with Gasteiger partial charge in [0.15, 0.2) is 0 Å². The van der Waals surface area contributed by atoms with E-state index in [2.05, 4.69) is 37.3 Å². The molecule has 0 unspecified atom stereocenters. The van der Waals surface area contributed by atoms with E-state index in [0.717, 1.165) is 47.1 Å². The van der Waals surface area contributed by atoms with Crippen LogP contribution in [0.4, 0.5) is 17.3 Å². The van der Waals surface area contributed by atoms with Crippen molar-refractivity contribution < 1.29 is 0 Å². The lowest BCUT2D eigenvalue weighted by atomic mass is 10.0. The van der Waals surface area contributed by atoms with Crippen LogP contribution in [0.5, 0.6) is 0 Å². The lowest BCUT2D eigenvalue weighted by Crippen LogP contribution is -2.32. The van der Waals surface area contributed by atoms with Crippen molar-refractivity contribution in [2.45, 2.75) is 19.5 Å². The second kappa shape index (κ2) is 8.56. The number of hydrogen-bond acceptors (Lipinski definition) is 7. The smallest absolute Gasteiger partial charge is 0.134 e. The maximum Gasteiger partial charge on any atom is 0.134 e. The molecule has 0 bridgehead atoms. The van der Waals surface area contributed by atoms with E-state index in [-0.39, 0.29) is 0 Å². The van der Waals surface area contributed by atoms with Crippen LogP contribution in [0.2, 0.25) is 5.02 Å². The average molecular weight is 420 g/mol. The fraction of sp³-hybridized carbons (Fsp3) is 0.273. The van der Waals surface area contributed by atoms with Gasteiger partial charge in [0.25, 0.3) is 0 Å². The molecule has 0 spiro atoms. The van der Waals surface area contributed by atoms with Gasteiger partial charge < -0.3 is 15.1 Å². The van der Waals surface area contributed by atoms with Crippen LogP contribution in [0.1, 0.15) is 22.4 Å². The fourth-order valence-electron chi connectivity index (χ4n) is 3.54. The molecule has 8 heteroatoms. The number of halogens is 1. The Bertz CT molecular complexity index is 1090. The Balaban J connectivity index is 1.54. The van der Waals surface area contributed by atoms with Crippen molar-refractivity contribution in [1.29, 1.82) is 5.26 Å². The van der Waals surface area contributed by atoms with Crippen molar-refractivity contribution in [1.82, 2.24) is 15.0 Å². The van der Waals surface area contributed by atoms with Gasteiger partial charge in [0.1, 0.15) is 24.0 Å². The van der Waals surface area contributed by atoms with Crippen LogP contribution in [-0.4, -0.2) is 35.6 Å². The summed E-state index contributed by atoms with van der Waals surface area (Å²) in [7, 11) is 3.94. The number of hydrogen-bond donors (Lipinski definition) is 1. The highest BCUT2D eigenvalue weighted by Crippen LogP contribution is 2.30. The zero-order valence-electron chi connectivity index (χ0n) is 16.9. The molecule has 3 aromatic rings. The normalized spacial score (nSPS) is 12.8. The molecule has 1 aromatic carbocycles. The summed E-state index contributed by atoms with van der Waals surface area (Å²) >= 11 is 6.06. The van der Waals surface area contributed by atoms with Gasteiger partial charge in [-0.1, -0.05) is 17.7 Å². The lowest BCUT2D eigenvalue weighted by Gasteiger charge is -2.31. The van der Waals surface area contributed by atoms with Crippen LogP contribution in [0.3, 0.4) is 0 Å². The number of benzene rings is 1. The molecule has 0 aliphatic carbocycles. The van der Waals surface area contributed by atoms with E-state index in [1.54, 1.807) is 12.4 Å². The molecule has 0 fully saturated rings. The van der Waals surface area contributed by atoms with E-state index < -0.39 is 0 Å². The summed E-state index contributed by atoms with van der Waals surface area (Å²) in [6.07, 6.45) is 4.27. The number of pyridine rings is 1. The number of nitriles is 1. The van der Waals surface area contributed by atoms with Crippen molar-refractivity contribution >= 4 is 28.9 Å². The van der Waals surface area contributed by atoms with Crippen LogP contribution < -0.4 is 15.1 Å². The van der Waals surface area contributed by atoms with Crippen molar-refractivity contribution in [2.75, 3.05) is 35.8 Å². The van der Waals surface area contributed by atoms with Crippen LogP contribution in [0, 0.1) is 11.3 Å². The average Bonchev–Trinajstić information content (AvgIpc) is 2.77. The minimum absolute atomic E-state index is 0.562. The van der Waals surface area contributed by atoms with Crippen LogP contribution in [0.25, 0.3) is 0 Å². The molecule has 0 saturated heterocycles. The predicted octanol–water partition coefficient (Wildman–Crippen LogP) is 3.64. The first kappa shape index (κ1) is 19.9. The number of nitrogens with zero attached hydrogens (tertiary/aromatic N) is 6. The number of rotatable bonds is 5. The minimum Gasteiger partial charge on any atom is -0.366 e. The molecule has 0 radical (unpaired) electrons. The molecule has 1 aliphatic heterocycles. The van der Waals surface area contributed by atoms with E-state index in [1.165, 1.54) is 0 Å². The number of fused-ring (bicyclic) bond motifs is 1. The number of anilines is 3. The molecule has 0 atom stereocenters. The Morgan fingerprint density at radius 3 is 2.80 bits per heavy atom. The molecule has 0 amide bonds. The molecule has 152 valence electrons. The standard InChI is InChI=1S/C22H22ClN7/c1-29(2)21-6-3-15(11-25-21)12-26-22-18-13-30(8-7-19(18)27-14-28-22)20-5-4-17(23)9-16(20)10-24/h3-6,9,11,14H,7-8,12-13H2,1-2H3,(H,26,27,28). The predicted molar refractivity (Wildman–Crippen MR) is 119 cm³/mol. The van der Waals surface area contributed by atoms with Crippen molar-refractivity contribution in [3.63, 3.8) is 0 Å². The Morgan fingerprint density at radius 1 is 1.20 bits per heavy atom. The van der Waals surface area contributed by atoms with E-state index in [9.17, 15) is 5.26 Å². The Kier molecular flexibility index (Phi) is 5.68. The molecular formula is C22H22ClN7. The summed E-state index contributed by atoms with van der Waals surface area (Å²) in [6, 6.07) is 11.7. The molecule has 1 N–H and O–H groups in total. The molecule has 3 heterocycles. The van der Waals surface area contributed by atoms with Gasteiger partial charge in [0.2, 0.25) is 0 Å². The molecule has 2 aromatic heterocycles. The van der Waals surface area contributed by atoms with Gasteiger partial charge in [0.05, 0.1) is 16.9 Å². The highest BCUT2D eigenvalue weighted by molar-refractivity contribution is 6.30. The summed E-state index contributed by atoms with van der Waals surface area (Å²) in [5, 5.41) is 13.5. The summed E-state index contributed by atoms with van der Waals surface area (Å²) in [4.78, 5) is 17.6. The van der Waals surface area contributed by atoms with Gasteiger partial charge in [0, 0.05) is 56.9 Å². The summed E-state index contributed by atoms with van der Waals surface area (Å²) in [5.74, 6) is 1.74. The Labute approximate surface area is 181 Å². The molecule has 30 heavy (non-hydrogen) atoms. The van der Waals surface area contributed by atoms with E-state index in [0.29, 0.717) is 23.7 Å². The lowest BCUT2D eigenvalue weighted by molar-refractivity contribution is 0.705. The maximum atomic E-state index is 9.51. The highest BCUT2D eigenvalue weighted by atomic mass is 35.5. The Hall–Kier alpha value is -3.37. The zero-order chi connectivity index (χ0) is 21.1. The second-order valence-electron chi connectivity index (χ2n) is 7.36. The van der Waals surface area contributed by atoms with Gasteiger partial charge in [-0.25, -0.2) is 15.0 Å². The minimum atomic E-state index is 0.562. The van der Waals surface area contributed by atoms with Crippen molar-refractivity contribution in [2.24, 2.45) is 0 Å². The van der Waals surface area contributed by atoms with Gasteiger partial charge in [-0.2, -0.15) is 5.26 Å². The van der Waals surface area contributed by atoms with Gasteiger partial charge in [-0.05, 0) is 29.8 Å².